The second-order valence-electron chi connectivity index (χ2n) is 6.24. The summed E-state index contributed by atoms with van der Waals surface area (Å²) >= 11 is 0. The molecule has 0 unspecified atom stereocenters. The van der Waals surface area contributed by atoms with E-state index in [2.05, 4.69) is 21.1 Å². The Bertz CT molecular complexity index is 1140. The Kier molecular flexibility index (Phi) is 4.52. The molecule has 28 heavy (non-hydrogen) atoms. The summed E-state index contributed by atoms with van der Waals surface area (Å²) in [6, 6.07) is 15.5. The molecule has 0 atom stereocenters. The minimum Gasteiger partial charge on any atom is -0.496 e. The lowest BCUT2D eigenvalue weighted by Crippen LogP contribution is -2.03. The third kappa shape index (κ3) is 3.19. The molecule has 0 aliphatic heterocycles. The zero-order valence-corrected chi connectivity index (χ0v) is 15.3. The number of methoxy groups -OCH3 is 1. The SMILES string of the molecule is COc1ccc(-c2cc(-c3ccc[nH]3)nc(N)c2C#N)cc1Cn1cccn1. The number of pyridine rings is 1. The van der Waals surface area contributed by atoms with Gasteiger partial charge in [-0.2, -0.15) is 10.4 Å². The first kappa shape index (κ1) is 17.4. The number of aromatic amines is 1. The van der Waals surface area contributed by atoms with Gasteiger partial charge in [-0.3, -0.25) is 4.68 Å². The maximum Gasteiger partial charge on any atom is 0.142 e. The van der Waals surface area contributed by atoms with Crippen LogP contribution in [-0.2, 0) is 6.54 Å². The van der Waals surface area contributed by atoms with Gasteiger partial charge >= 0.3 is 0 Å². The molecule has 3 heterocycles. The predicted molar refractivity (Wildman–Crippen MR) is 106 cm³/mol. The number of ether oxygens (including phenoxy) is 1. The number of aromatic nitrogens is 4. The molecule has 0 aliphatic carbocycles. The average Bonchev–Trinajstić information content (AvgIpc) is 3.41. The summed E-state index contributed by atoms with van der Waals surface area (Å²) in [7, 11) is 1.63. The van der Waals surface area contributed by atoms with Gasteiger partial charge in [0.05, 0.1) is 25.0 Å². The molecule has 4 aromatic rings. The average molecular weight is 370 g/mol. The number of hydrogen-bond donors (Lipinski definition) is 2. The van der Waals surface area contributed by atoms with Gasteiger partial charge in [-0.05, 0) is 42.0 Å². The van der Waals surface area contributed by atoms with Gasteiger partial charge in [-0.1, -0.05) is 6.07 Å². The number of nitrogens with one attached hydrogen (secondary N) is 1. The van der Waals surface area contributed by atoms with E-state index in [-0.39, 0.29) is 5.82 Å². The topological polar surface area (TPSA) is 106 Å². The first-order valence-electron chi connectivity index (χ1n) is 8.68. The van der Waals surface area contributed by atoms with Crippen LogP contribution in [0.2, 0.25) is 0 Å². The van der Waals surface area contributed by atoms with Crippen molar-refractivity contribution in [1.29, 1.82) is 5.26 Å². The van der Waals surface area contributed by atoms with Crippen molar-refractivity contribution >= 4 is 5.82 Å². The molecular weight excluding hydrogens is 352 g/mol. The zero-order valence-electron chi connectivity index (χ0n) is 15.3. The summed E-state index contributed by atoms with van der Waals surface area (Å²) < 4.78 is 7.32. The van der Waals surface area contributed by atoms with Crippen molar-refractivity contribution in [2.24, 2.45) is 0 Å². The summed E-state index contributed by atoms with van der Waals surface area (Å²) in [5.74, 6) is 0.957. The molecule has 0 saturated heterocycles. The number of nitrogens with two attached hydrogens (primary N) is 1. The minimum atomic E-state index is 0.203. The molecule has 0 radical (unpaired) electrons. The summed E-state index contributed by atoms with van der Waals surface area (Å²) in [6.45, 7) is 0.552. The van der Waals surface area contributed by atoms with E-state index in [1.54, 1.807) is 13.3 Å². The first-order chi connectivity index (χ1) is 13.7. The zero-order chi connectivity index (χ0) is 19.5. The fourth-order valence-corrected chi connectivity index (χ4v) is 3.18. The molecule has 0 saturated carbocycles. The quantitative estimate of drug-likeness (QED) is 0.560. The van der Waals surface area contributed by atoms with Crippen molar-refractivity contribution in [2.75, 3.05) is 12.8 Å². The number of benzene rings is 1. The lowest BCUT2D eigenvalue weighted by atomic mass is 9.97. The number of hydrogen-bond acceptors (Lipinski definition) is 5. The second-order valence-corrected chi connectivity index (χ2v) is 6.24. The number of H-pyrrole nitrogens is 1. The highest BCUT2D eigenvalue weighted by atomic mass is 16.5. The van der Waals surface area contributed by atoms with Crippen molar-refractivity contribution < 1.29 is 4.74 Å². The monoisotopic (exact) mass is 370 g/mol. The fourth-order valence-electron chi connectivity index (χ4n) is 3.18. The van der Waals surface area contributed by atoms with Gasteiger partial charge in [0.25, 0.3) is 0 Å². The Balaban J connectivity index is 1.85. The maximum absolute atomic E-state index is 9.64. The van der Waals surface area contributed by atoms with E-state index in [1.807, 2.05) is 59.5 Å². The van der Waals surface area contributed by atoms with E-state index in [0.717, 1.165) is 28.1 Å². The number of anilines is 1. The fraction of sp³-hybridized carbons (Fsp3) is 0.0952. The van der Waals surface area contributed by atoms with E-state index in [1.165, 1.54) is 0 Å². The lowest BCUT2D eigenvalue weighted by Gasteiger charge is -2.13. The predicted octanol–water partition coefficient (Wildman–Crippen LogP) is 3.45. The molecule has 7 heteroatoms. The van der Waals surface area contributed by atoms with Crippen LogP contribution >= 0.6 is 0 Å². The van der Waals surface area contributed by atoms with Gasteiger partial charge in [0, 0.05) is 29.7 Å². The van der Waals surface area contributed by atoms with Gasteiger partial charge in [0.1, 0.15) is 23.2 Å². The largest absolute Gasteiger partial charge is 0.496 e. The van der Waals surface area contributed by atoms with Gasteiger partial charge < -0.3 is 15.5 Å². The number of nitriles is 1. The highest BCUT2D eigenvalue weighted by Crippen LogP contribution is 2.33. The lowest BCUT2D eigenvalue weighted by molar-refractivity contribution is 0.407. The highest BCUT2D eigenvalue weighted by molar-refractivity contribution is 5.80. The molecule has 0 aliphatic rings. The van der Waals surface area contributed by atoms with Crippen LogP contribution in [0.5, 0.6) is 5.75 Å². The third-order valence-electron chi connectivity index (χ3n) is 4.52. The van der Waals surface area contributed by atoms with Gasteiger partial charge in [0.15, 0.2) is 0 Å². The summed E-state index contributed by atoms with van der Waals surface area (Å²) in [6.07, 6.45) is 5.44. The minimum absolute atomic E-state index is 0.203. The number of rotatable bonds is 5. The van der Waals surface area contributed by atoms with Crippen molar-refractivity contribution in [3.63, 3.8) is 0 Å². The van der Waals surface area contributed by atoms with Crippen LogP contribution < -0.4 is 10.5 Å². The van der Waals surface area contributed by atoms with E-state index in [4.69, 9.17) is 10.5 Å². The van der Waals surface area contributed by atoms with E-state index in [0.29, 0.717) is 17.8 Å². The number of nitrogens with zero attached hydrogens (tertiary/aromatic N) is 4. The molecule has 138 valence electrons. The van der Waals surface area contributed by atoms with Crippen molar-refractivity contribution in [3.05, 3.63) is 72.2 Å². The summed E-state index contributed by atoms with van der Waals surface area (Å²) in [4.78, 5) is 7.50. The Morgan fingerprint density at radius 1 is 1.25 bits per heavy atom. The van der Waals surface area contributed by atoms with Crippen LogP contribution in [0.4, 0.5) is 5.82 Å². The molecule has 0 amide bonds. The molecule has 4 rings (SSSR count). The van der Waals surface area contributed by atoms with Crippen LogP contribution in [-0.4, -0.2) is 26.9 Å². The molecule has 7 nitrogen and oxygen atoms in total. The van der Waals surface area contributed by atoms with Gasteiger partial charge in [0.2, 0.25) is 0 Å². The normalized spacial score (nSPS) is 10.6. The van der Waals surface area contributed by atoms with Gasteiger partial charge in [-0.15, -0.1) is 0 Å². The summed E-state index contributed by atoms with van der Waals surface area (Å²) in [5, 5.41) is 13.9. The van der Waals surface area contributed by atoms with Crippen LogP contribution in [0.25, 0.3) is 22.5 Å². The van der Waals surface area contributed by atoms with Crippen molar-refractivity contribution in [2.45, 2.75) is 6.54 Å². The Morgan fingerprint density at radius 3 is 2.82 bits per heavy atom. The molecule has 3 N–H and O–H groups in total. The second kappa shape index (κ2) is 7.29. The molecule has 1 aromatic carbocycles. The Labute approximate surface area is 162 Å². The van der Waals surface area contributed by atoms with Crippen molar-refractivity contribution in [3.8, 4) is 34.3 Å². The van der Waals surface area contributed by atoms with E-state index in [9.17, 15) is 5.26 Å². The van der Waals surface area contributed by atoms with Gasteiger partial charge in [-0.25, -0.2) is 4.98 Å². The number of nitrogen functional groups attached to an aromatic ring is 1. The molecule has 0 fully saturated rings. The molecule has 0 bridgehead atoms. The third-order valence-corrected chi connectivity index (χ3v) is 4.52. The van der Waals surface area contributed by atoms with Crippen LogP contribution in [0.15, 0.2) is 61.1 Å². The standard InChI is InChI=1S/C21H18N6O/c1-28-20-6-5-14(10-15(20)13-27-9-3-8-25-27)16-11-19(18-4-2-7-24-18)26-21(23)17(16)12-22/h2-11,24H,13H2,1H3,(H2,23,26). The maximum atomic E-state index is 9.64. The first-order valence-corrected chi connectivity index (χ1v) is 8.68. The molecular formula is C21H18N6O. The summed E-state index contributed by atoms with van der Waals surface area (Å²) in [5.41, 5.74) is 10.5. The van der Waals surface area contributed by atoms with Crippen LogP contribution in [0.1, 0.15) is 11.1 Å². The van der Waals surface area contributed by atoms with Crippen molar-refractivity contribution in [1.82, 2.24) is 19.7 Å². The Morgan fingerprint density at radius 2 is 2.14 bits per heavy atom. The smallest absolute Gasteiger partial charge is 0.142 e. The van der Waals surface area contributed by atoms with Crippen LogP contribution in [0, 0.1) is 11.3 Å². The Hall–Kier alpha value is -4.05. The molecule has 3 aromatic heterocycles. The van der Waals surface area contributed by atoms with E-state index < -0.39 is 0 Å². The molecule has 0 spiro atoms. The van der Waals surface area contributed by atoms with Crippen LogP contribution in [0.3, 0.4) is 0 Å². The van der Waals surface area contributed by atoms with E-state index >= 15 is 0 Å². The highest BCUT2D eigenvalue weighted by Gasteiger charge is 2.15.